The molecule has 4 rings (SSSR count). The van der Waals surface area contributed by atoms with Crippen molar-refractivity contribution in [2.45, 2.75) is 24.1 Å². The summed E-state index contributed by atoms with van der Waals surface area (Å²) in [6.45, 7) is -2.85. The molecule has 1 atom stereocenters. The van der Waals surface area contributed by atoms with Gasteiger partial charge in [-0.1, -0.05) is 41.9 Å². The molecule has 172 valence electrons. The van der Waals surface area contributed by atoms with Gasteiger partial charge in [-0.3, -0.25) is 9.19 Å². The van der Waals surface area contributed by atoms with E-state index in [0.717, 1.165) is 10.3 Å². The van der Waals surface area contributed by atoms with Crippen LogP contribution in [0.5, 0.6) is 11.5 Å². The third-order valence-corrected chi connectivity index (χ3v) is 6.02. The Morgan fingerprint density at radius 2 is 1.94 bits per heavy atom. The van der Waals surface area contributed by atoms with Crippen molar-refractivity contribution in [1.82, 2.24) is 14.7 Å². The smallest absolute Gasteiger partial charge is 0.405 e. The molecule has 33 heavy (non-hydrogen) atoms. The van der Waals surface area contributed by atoms with Crippen LogP contribution in [0, 0.1) is 0 Å². The largest absolute Gasteiger partial charge is 0.491 e. The number of nitrogens with zero attached hydrogens (tertiary/aromatic N) is 3. The average molecular weight is 494 g/mol. The van der Waals surface area contributed by atoms with Gasteiger partial charge in [0.1, 0.15) is 12.1 Å². The van der Waals surface area contributed by atoms with Crippen molar-refractivity contribution in [3.63, 3.8) is 0 Å². The zero-order chi connectivity index (χ0) is 23.4. The van der Waals surface area contributed by atoms with Gasteiger partial charge in [0, 0.05) is 17.3 Å². The summed E-state index contributed by atoms with van der Waals surface area (Å²) >= 11 is 5.97. The fraction of sp³-hybridized carbons (Fsp3) is 0.182. The van der Waals surface area contributed by atoms with Gasteiger partial charge in [0.15, 0.2) is 11.5 Å². The molecule has 1 unspecified atom stereocenters. The summed E-state index contributed by atoms with van der Waals surface area (Å²) in [5, 5.41) is 0.153. The Bertz CT molecular complexity index is 1290. The third kappa shape index (κ3) is 5.23. The lowest BCUT2D eigenvalue weighted by Gasteiger charge is -2.14. The molecule has 4 aromatic rings. The van der Waals surface area contributed by atoms with E-state index in [1.165, 1.54) is 31.5 Å². The summed E-state index contributed by atoms with van der Waals surface area (Å²) in [6.07, 6.45) is 1.49. The monoisotopic (exact) mass is 493 g/mol. The van der Waals surface area contributed by atoms with Crippen molar-refractivity contribution >= 4 is 33.4 Å². The van der Waals surface area contributed by atoms with Gasteiger partial charge in [-0.2, -0.15) is 8.78 Å². The number of hydrogen-bond donors (Lipinski definition) is 0. The van der Waals surface area contributed by atoms with Crippen LogP contribution in [0.3, 0.4) is 0 Å². The van der Waals surface area contributed by atoms with Crippen molar-refractivity contribution in [3.05, 3.63) is 77.1 Å². The predicted octanol–water partition coefficient (Wildman–Crippen LogP) is 4.63. The number of benzene rings is 2. The van der Waals surface area contributed by atoms with Crippen LogP contribution >= 0.6 is 11.6 Å². The summed E-state index contributed by atoms with van der Waals surface area (Å²) < 4.78 is 51.3. The molecule has 2 aromatic carbocycles. The van der Waals surface area contributed by atoms with E-state index in [1.54, 1.807) is 6.07 Å². The van der Waals surface area contributed by atoms with Gasteiger partial charge >= 0.3 is 6.61 Å². The Morgan fingerprint density at radius 1 is 1.15 bits per heavy atom. The molecule has 11 heteroatoms. The molecule has 0 saturated carbocycles. The minimum absolute atomic E-state index is 0.171. The third-order valence-electron chi connectivity index (χ3n) is 4.59. The van der Waals surface area contributed by atoms with Gasteiger partial charge in [-0.05, 0) is 23.8 Å². The number of rotatable bonds is 9. The first kappa shape index (κ1) is 22.9. The number of ether oxygens (including phenoxy) is 2. The van der Waals surface area contributed by atoms with Gasteiger partial charge in [0.05, 0.1) is 34.9 Å². The molecular formula is C22H18ClF2N3O4S. The summed E-state index contributed by atoms with van der Waals surface area (Å²) in [4.78, 5) is 13.0. The number of aromatic nitrogens is 3. The molecule has 0 N–H and O–H groups in total. The lowest BCUT2D eigenvalue weighted by Crippen LogP contribution is -2.20. The Kier molecular flexibility index (Phi) is 7.05. The highest BCUT2D eigenvalue weighted by Gasteiger charge is 2.23. The highest BCUT2D eigenvalue weighted by atomic mass is 35.5. The molecule has 0 fully saturated rings. The van der Waals surface area contributed by atoms with Crippen molar-refractivity contribution in [1.29, 1.82) is 0 Å². The fourth-order valence-electron chi connectivity index (χ4n) is 3.16. The molecule has 7 nitrogen and oxygen atoms in total. The number of imidazole rings is 1. The molecule has 0 aliphatic rings. The average Bonchev–Trinajstić information content (AvgIpc) is 3.15. The zero-order valence-electron chi connectivity index (χ0n) is 17.3. The van der Waals surface area contributed by atoms with E-state index >= 15 is 0 Å². The second kappa shape index (κ2) is 10.1. The van der Waals surface area contributed by atoms with E-state index in [9.17, 15) is 13.0 Å². The maximum atomic E-state index is 13.2. The van der Waals surface area contributed by atoms with Crippen LogP contribution in [-0.4, -0.2) is 32.6 Å². The van der Waals surface area contributed by atoms with Crippen molar-refractivity contribution in [2.75, 3.05) is 7.11 Å². The Balaban J connectivity index is 1.62. The van der Waals surface area contributed by atoms with Gasteiger partial charge in [-0.15, -0.1) is 4.73 Å². The van der Waals surface area contributed by atoms with Gasteiger partial charge in [0.25, 0.3) is 0 Å². The lowest BCUT2D eigenvalue weighted by molar-refractivity contribution is -0.136. The molecule has 0 aliphatic carbocycles. The Hall–Kier alpha value is -3.24. The minimum Gasteiger partial charge on any atom is -0.491 e. The van der Waals surface area contributed by atoms with E-state index in [2.05, 4.69) is 14.8 Å². The predicted molar refractivity (Wildman–Crippen MR) is 119 cm³/mol. The normalized spacial score (nSPS) is 12.2. The first-order valence-corrected chi connectivity index (χ1v) is 11.4. The number of hydrogen-bond acceptors (Lipinski definition) is 6. The molecule has 2 aromatic heterocycles. The van der Waals surface area contributed by atoms with Crippen molar-refractivity contribution in [2.24, 2.45) is 0 Å². The second-order valence-corrected chi connectivity index (χ2v) is 8.52. The summed E-state index contributed by atoms with van der Waals surface area (Å²) in [5.74, 6) is 0.532. The van der Waals surface area contributed by atoms with Gasteiger partial charge in [-0.25, -0.2) is 4.98 Å². The van der Waals surface area contributed by atoms with Gasteiger partial charge < -0.3 is 14.3 Å². The van der Waals surface area contributed by atoms with Crippen LogP contribution in [0.25, 0.3) is 11.0 Å². The molecular weight excluding hydrogens is 476 g/mol. The number of alkyl halides is 2. The van der Waals surface area contributed by atoms with Crippen molar-refractivity contribution < 1.29 is 27.3 Å². The van der Waals surface area contributed by atoms with Crippen LogP contribution in [-0.2, 0) is 23.2 Å². The summed E-state index contributed by atoms with van der Waals surface area (Å²) in [7, 11) is -0.469. The number of methoxy groups -OCH3 is 1. The van der Waals surface area contributed by atoms with E-state index in [0.29, 0.717) is 28.8 Å². The fourth-order valence-corrected chi connectivity index (χ4v) is 4.44. The maximum absolute atomic E-state index is 13.2. The first-order valence-electron chi connectivity index (χ1n) is 9.66. The molecule has 2 heterocycles. The standard InChI is InChI=1S/C22H18ClF2N3O4S/c1-30-20-17(26-10-9-19(20)31-12-14-5-3-2-4-6-14)13-33(29)22-27-16-11-15(23)7-8-18(16)28(22)32-21(24)25/h2-11,21H,12-13H2,1H3. The van der Waals surface area contributed by atoms with E-state index < -0.39 is 17.4 Å². The number of pyridine rings is 1. The quantitative estimate of drug-likeness (QED) is 0.338. The molecule has 0 saturated heterocycles. The molecule has 0 radical (unpaired) electrons. The maximum Gasteiger partial charge on any atom is 0.405 e. The minimum atomic E-state index is -3.14. The SMILES string of the molecule is COc1c(OCc2ccccc2)ccnc1CS(=O)c1nc2cc(Cl)ccc2n1OC(F)F. The Morgan fingerprint density at radius 3 is 2.67 bits per heavy atom. The van der Waals surface area contributed by atoms with E-state index in [4.69, 9.17) is 21.1 Å². The summed E-state index contributed by atoms with van der Waals surface area (Å²) in [5.41, 5.74) is 1.75. The second-order valence-electron chi connectivity index (χ2n) is 6.74. The van der Waals surface area contributed by atoms with Crippen LogP contribution in [0.4, 0.5) is 8.78 Å². The number of fused-ring (bicyclic) bond motifs is 1. The van der Waals surface area contributed by atoms with Crippen LogP contribution in [0.2, 0.25) is 5.02 Å². The highest BCUT2D eigenvalue weighted by Crippen LogP contribution is 2.32. The molecule has 0 spiro atoms. The van der Waals surface area contributed by atoms with Crippen LogP contribution in [0.15, 0.2) is 66.0 Å². The van der Waals surface area contributed by atoms with Gasteiger partial charge in [0.2, 0.25) is 5.16 Å². The molecule has 0 bridgehead atoms. The number of halogens is 3. The Labute approximate surface area is 195 Å². The first-order chi connectivity index (χ1) is 16.0. The summed E-state index contributed by atoms with van der Waals surface area (Å²) in [6, 6.07) is 15.6. The van der Waals surface area contributed by atoms with Crippen molar-refractivity contribution in [3.8, 4) is 11.5 Å². The zero-order valence-corrected chi connectivity index (χ0v) is 18.9. The lowest BCUT2D eigenvalue weighted by atomic mass is 10.2. The molecule has 0 amide bonds. The van der Waals surface area contributed by atoms with Crippen LogP contribution in [0.1, 0.15) is 11.3 Å². The van der Waals surface area contributed by atoms with E-state index in [-0.39, 0.29) is 21.9 Å². The molecule has 0 aliphatic heterocycles. The topological polar surface area (TPSA) is 75.5 Å². The highest BCUT2D eigenvalue weighted by molar-refractivity contribution is 7.84. The van der Waals surface area contributed by atoms with Crippen LogP contribution < -0.4 is 14.3 Å². The van der Waals surface area contributed by atoms with E-state index in [1.807, 2.05) is 30.3 Å².